The molecule has 3 aromatic carbocycles. The Hall–Kier alpha value is -3.06. The van der Waals surface area contributed by atoms with E-state index in [1.54, 1.807) is 58.0 Å². The van der Waals surface area contributed by atoms with Crippen molar-refractivity contribution in [1.82, 2.24) is 14.5 Å². The molecule has 1 N–H and O–H groups in total. The Morgan fingerprint density at radius 2 is 1.82 bits per heavy atom. The molecule has 0 spiro atoms. The third-order valence-electron chi connectivity index (χ3n) is 6.50. The number of aromatic nitrogens is 2. The molecule has 9 heteroatoms. The number of amides is 2. The van der Waals surface area contributed by atoms with Gasteiger partial charge in [-0.25, -0.2) is 9.78 Å². The average molecular weight is 572 g/mol. The minimum atomic E-state index is -0.558. The lowest BCUT2D eigenvalue weighted by molar-refractivity contribution is 0.187. The van der Waals surface area contributed by atoms with E-state index in [1.807, 2.05) is 26.0 Å². The summed E-state index contributed by atoms with van der Waals surface area (Å²) in [6.45, 7) is 6.33. The van der Waals surface area contributed by atoms with Crippen molar-refractivity contribution in [2.75, 3.05) is 11.9 Å². The number of benzene rings is 3. The lowest BCUT2D eigenvalue weighted by Gasteiger charge is -2.31. The van der Waals surface area contributed by atoms with Crippen molar-refractivity contribution in [1.29, 1.82) is 0 Å². The van der Waals surface area contributed by atoms with Crippen LogP contribution >= 0.6 is 34.8 Å². The molecule has 0 saturated heterocycles. The fraction of sp³-hybridized carbons (Fsp3) is 0.276. The molecule has 0 saturated carbocycles. The van der Waals surface area contributed by atoms with Crippen LogP contribution in [0.5, 0.6) is 0 Å². The molecule has 1 aromatic heterocycles. The van der Waals surface area contributed by atoms with Gasteiger partial charge < -0.3 is 10.2 Å². The molecule has 0 radical (unpaired) electrons. The highest BCUT2D eigenvalue weighted by Gasteiger charge is 2.27. The van der Waals surface area contributed by atoms with Crippen LogP contribution in [0.3, 0.4) is 0 Å². The summed E-state index contributed by atoms with van der Waals surface area (Å²) in [5.74, 6) is 0.447. The number of para-hydroxylation sites is 1. The minimum Gasteiger partial charge on any atom is -0.315 e. The van der Waals surface area contributed by atoms with Gasteiger partial charge >= 0.3 is 6.03 Å². The molecule has 1 atom stereocenters. The number of urea groups is 1. The maximum Gasteiger partial charge on any atom is 0.322 e. The average Bonchev–Trinajstić information content (AvgIpc) is 2.89. The van der Waals surface area contributed by atoms with Crippen LogP contribution in [-0.4, -0.2) is 27.0 Å². The summed E-state index contributed by atoms with van der Waals surface area (Å²) in [6, 6.07) is 16.7. The molecular weight excluding hydrogens is 543 g/mol. The fourth-order valence-corrected chi connectivity index (χ4v) is 5.04. The van der Waals surface area contributed by atoms with Crippen LogP contribution in [-0.2, 0) is 0 Å². The smallest absolute Gasteiger partial charge is 0.315 e. The predicted molar refractivity (Wildman–Crippen MR) is 157 cm³/mol. The normalized spacial score (nSPS) is 11.9. The summed E-state index contributed by atoms with van der Waals surface area (Å²) in [7, 11) is 0. The standard InChI is InChI=1S/C29H29Cl3N4O2/c1-4-5-8-16-35(29(38)34-24-13-9-11-22(31)26(24)32)19(3)27-33-23-12-7-6-10-21(23)28(37)36(27)25-15-14-20(30)17-18(25)2/h6-7,9-15,17,19H,4-5,8,16H2,1-3H3,(H,34,38). The van der Waals surface area contributed by atoms with Crippen molar-refractivity contribution >= 4 is 57.4 Å². The van der Waals surface area contributed by atoms with E-state index in [-0.39, 0.29) is 16.6 Å². The predicted octanol–water partition coefficient (Wildman–Crippen LogP) is 8.44. The number of hydrogen-bond acceptors (Lipinski definition) is 3. The molecule has 6 nitrogen and oxygen atoms in total. The number of rotatable bonds is 8. The van der Waals surface area contributed by atoms with Gasteiger partial charge in [-0.15, -0.1) is 0 Å². The van der Waals surface area contributed by atoms with Gasteiger partial charge in [0, 0.05) is 11.6 Å². The monoisotopic (exact) mass is 570 g/mol. The molecule has 1 unspecified atom stereocenters. The van der Waals surface area contributed by atoms with Crippen LogP contribution in [0.15, 0.2) is 65.5 Å². The number of carbonyl (C=O) groups is 1. The van der Waals surface area contributed by atoms with Crippen LogP contribution in [0.2, 0.25) is 15.1 Å². The Morgan fingerprint density at radius 1 is 1.05 bits per heavy atom. The van der Waals surface area contributed by atoms with Crippen molar-refractivity contribution in [3.63, 3.8) is 0 Å². The molecule has 1 heterocycles. The molecule has 198 valence electrons. The summed E-state index contributed by atoms with van der Waals surface area (Å²) in [6.07, 6.45) is 2.73. The van der Waals surface area contributed by atoms with Gasteiger partial charge in [0.1, 0.15) is 5.82 Å². The van der Waals surface area contributed by atoms with E-state index in [1.165, 1.54) is 0 Å². The van der Waals surface area contributed by atoms with Gasteiger partial charge in [0.15, 0.2) is 0 Å². The van der Waals surface area contributed by atoms with E-state index in [9.17, 15) is 9.59 Å². The number of nitrogens with zero attached hydrogens (tertiary/aromatic N) is 3. The maximum absolute atomic E-state index is 13.9. The summed E-state index contributed by atoms with van der Waals surface area (Å²) < 4.78 is 1.59. The van der Waals surface area contributed by atoms with E-state index < -0.39 is 6.04 Å². The van der Waals surface area contributed by atoms with Crippen LogP contribution in [0, 0.1) is 6.92 Å². The van der Waals surface area contributed by atoms with Crippen LogP contribution in [0.1, 0.15) is 50.5 Å². The van der Waals surface area contributed by atoms with Crippen LogP contribution in [0.4, 0.5) is 10.5 Å². The number of fused-ring (bicyclic) bond motifs is 1. The Kier molecular flexibility index (Phi) is 8.98. The second-order valence-corrected chi connectivity index (χ2v) is 10.4. The number of unbranched alkanes of at least 4 members (excludes halogenated alkanes) is 2. The molecule has 0 aliphatic carbocycles. The quantitative estimate of drug-likeness (QED) is 0.216. The molecule has 4 rings (SSSR count). The van der Waals surface area contributed by atoms with Gasteiger partial charge in [0.25, 0.3) is 5.56 Å². The Balaban J connectivity index is 1.85. The van der Waals surface area contributed by atoms with Crippen molar-refractivity contribution in [2.24, 2.45) is 0 Å². The number of anilines is 1. The van der Waals surface area contributed by atoms with Crippen LogP contribution < -0.4 is 10.9 Å². The molecular formula is C29H29Cl3N4O2. The number of nitrogens with one attached hydrogen (secondary N) is 1. The van der Waals surface area contributed by atoms with Crippen molar-refractivity contribution in [2.45, 2.75) is 46.1 Å². The highest BCUT2D eigenvalue weighted by molar-refractivity contribution is 6.44. The first-order valence-corrected chi connectivity index (χ1v) is 13.7. The molecule has 38 heavy (non-hydrogen) atoms. The number of hydrogen-bond donors (Lipinski definition) is 1. The molecule has 0 bridgehead atoms. The Labute approximate surface area is 237 Å². The highest BCUT2D eigenvalue weighted by atomic mass is 35.5. The zero-order valence-electron chi connectivity index (χ0n) is 21.5. The zero-order chi connectivity index (χ0) is 27.4. The number of carbonyl (C=O) groups excluding carboxylic acids is 1. The largest absolute Gasteiger partial charge is 0.322 e. The topological polar surface area (TPSA) is 67.2 Å². The molecule has 0 aliphatic rings. The van der Waals surface area contributed by atoms with E-state index >= 15 is 0 Å². The molecule has 0 fully saturated rings. The van der Waals surface area contributed by atoms with E-state index in [0.717, 1.165) is 24.8 Å². The SMILES string of the molecule is CCCCCN(C(=O)Nc1cccc(Cl)c1Cl)C(C)c1nc2ccccc2c(=O)n1-c1ccc(Cl)cc1C. The molecule has 0 aliphatic heterocycles. The first-order valence-electron chi connectivity index (χ1n) is 12.5. The van der Waals surface area contributed by atoms with Gasteiger partial charge in [0.05, 0.1) is 38.4 Å². The van der Waals surface area contributed by atoms with Gasteiger partial charge in [0.2, 0.25) is 0 Å². The first-order chi connectivity index (χ1) is 18.2. The second-order valence-electron chi connectivity index (χ2n) is 9.17. The lowest BCUT2D eigenvalue weighted by Crippen LogP contribution is -2.40. The van der Waals surface area contributed by atoms with Gasteiger partial charge in [-0.05, 0) is 68.3 Å². The third-order valence-corrected chi connectivity index (χ3v) is 7.55. The van der Waals surface area contributed by atoms with Gasteiger partial charge in [-0.3, -0.25) is 9.36 Å². The fourth-order valence-electron chi connectivity index (χ4n) is 4.46. The minimum absolute atomic E-state index is 0.213. The van der Waals surface area contributed by atoms with E-state index in [0.29, 0.717) is 44.7 Å². The van der Waals surface area contributed by atoms with Crippen LogP contribution in [0.25, 0.3) is 16.6 Å². The Bertz CT molecular complexity index is 1540. The maximum atomic E-state index is 13.9. The number of halogens is 3. The second kappa shape index (κ2) is 12.2. The van der Waals surface area contributed by atoms with Crippen molar-refractivity contribution in [3.8, 4) is 5.69 Å². The van der Waals surface area contributed by atoms with Crippen molar-refractivity contribution in [3.05, 3.63) is 97.5 Å². The highest BCUT2D eigenvalue weighted by Crippen LogP contribution is 2.31. The molecule has 4 aromatic rings. The molecule has 2 amide bonds. The van der Waals surface area contributed by atoms with Gasteiger partial charge in [-0.2, -0.15) is 0 Å². The number of aryl methyl sites for hydroxylation is 1. The summed E-state index contributed by atoms with van der Waals surface area (Å²) in [5.41, 5.74) is 2.24. The summed E-state index contributed by atoms with van der Waals surface area (Å²) in [4.78, 5) is 34.1. The van der Waals surface area contributed by atoms with E-state index in [4.69, 9.17) is 39.8 Å². The zero-order valence-corrected chi connectivity index (χ0v) is 23.7. The Morgan fingerprint density at radius 3 is 2.55 bits per heavy atom. The van der Waals surface area contributed by atoms with Gasteiger partial charge in [-0.1, -0.05) is 72.8 Å². The first kappa shape index (κ1) is 28.0. The van der Waals surface area contributed by atoms with E-state index in [2.05, 4.69) is 12.2 Å². The summed E-state index contributed by atoms with van der Waals surface area (Å²) in [5, 5.41) is 4.57. The lowest BCUT2D eigenvalue weighted by atomic mass is 10.1. The third kappa shape index (κ3) is 5.83. The van der Waals surface area contributed by atoms with Crippen molar-refractivity contribution < 1.29 is 4.79 Å². The summed E-state index contributed by atoms with van der Waals surface area (Å²) >= 11 is 18.7.